The van der Waals surface area contributed by atoms with Gasteiger partial charge in [-0.3, -0.25) is 4.79 Å². The predicted octanol–water partition coefficient (Wildman–Crippen LogP) is 2.37. The predicted molar refractivity (Wildman–Crippen MR) is 107 cm³/mol. The van der Waals surface area contributed by atoms with Crippen LogP contribution in [0.1, 0.15) is 37.3 Å². The minimum Gasteiger partial charge on any atom is -0.385 e. The maximum Gasteiger partial charge on any atom is 0.317 e. The van der Waals surface area contributed by atoms with E-state index in [2.05, 4.69) is 34.9 Å². The van der Waals surface area contributed by atoms with Gasteiger partial charge < -0.3 is 20.3 Å². The Morgan fingerprint density at radius 3 is 2.37 bits per heavy atom. The van der Waals surface area contributed by atoms with Crippen molar-refractivity contribution in [1.82, 2.24) is 15.5 Å². The zero-order valence-corrected chi connectivity index (χ0v) is 16.6. The van der Waals surface area contributed by atoms with Gasteiger partial charge in [0, 0.05) is 46.8 Å². The molecule has 27 heavy (non-hydrogen) atoms. The SMILES string of the molecule is COCCCNC(=O)N1CCC(Cc2ccc(CCNC(C)=O)cc2)CC1. The number of hydrogen-bond acceptors (Lipinski definition) is 3. The fraction of sp³-hybridized carbons (Fsp3) is 0.619. The van der Waals surface area contributed by atoms with Crippen LogP contribution in [-0.4, -0.2) is 56.7 Å². The van der Waals surface area contributed by atoms with Gasteiger partial charge in [0.15, 0.2) is 0 Å². The van der Waals surface area contributed by atoms with Gasteiger partial charge in [0.25, 0.3) is 0 Å². The highest BCUT2D eigenvalue weighted by atomic mass is 16.5. The van der Waals surface area contributed by atoms with Gasteiger partial charge >= 0.3 is 6.03 Å². The summed E-state index contributed by atoms with van der Waals surface area (Å²) in [6.45, 7) is 5.22. The Morgan fingerprint density at radius 2 is 1.74 bits per heavy atom. The first kappa shape index (κ1) is 21.2. The van der Waals surface area contributed by atoms with Crippen molar-refractivity contribution in [2.75, 3.05) is 39.9 Å². The molecule has 150 valence electrons. The van der Waals surface area contributed by atoms with Gasteiger partial charge in [-0.15, -0.1) is 0 Å². The third-order valence-electron chi connectivity index (χ3n) is 5.04. The molecule has 0 aliphatic carbocycles. The normalized spacial score (nSPS) is 14.8. The van der Waals surface area contributed by atoms with Crippen LogP contribution >= 0.6 is 0 Å². The number of benzene rings is 1. The number of methoxy groups -OCH3 is 1. The Kier molecular flexibility index (Phi) is 9.11. The molecule has 1 fully saturated rings. The number of urea groups is 1. The topological polar surface area (TPSA) is 70.7 Å². The molecular formula is C21H33N3O3. The molecule has 1 heterocycles. The van der Waals surface area contributed by atoms with Gasteiger partial charge in [0.05, 0.1) is 0 Å². The van der Waals surface area contributed by atoms with Crippen molar-refractivity contribution in [2.45, 2.75) is 39.0 Å². The van der Waals surface area contributed by atoms with Crippen molar-refractivity contribution in [2.24, 2.45) is 5.92 Å². The molecule has 3 amide bonds. The van der Waals surface area contributed by atoms with E-state index < -0.39 is 0 Å². The lowest BCUT2D eigenvalue weighted by atomic mass is 9.90. The summed E-state index contributed by atoms with van der Waals surface area (Å²) in [4.78, 5) is 25.0. The lowest BCUT2D eigenvalue weighted by Gasteiger charge is -2.32. The van der Waals surface area contributed by atoms with Crippen LogP contribution in [0, 0.1) is 5.92 Å². The number of piperidine rings is 1. The molecule has 1 aliphatic rings. The Labute approximate surface area is 162 Å². The van der Waals surface area contributed by atoms with Crippen molar-refractivity contribution >= 4 is 11.9 Å². The van der Waals surface area contributed by atoms with Crippen LogP contribution in [0.25, 0.3) is 0 Å². The van der Waals surface area contributed by atoms with E-state index in [9.17, 15) is 9.59 Å². The number of nitrogens with one attached hydrogen (secondary N) is 2. The molecule has 6 heteroatoms. The summed E-state index contributed by atoms with van der Waals surface area (Å²) in [6, 6.07) is 8.74. The fourth-order valence-electron chi connectivity index (χ4n) is 3.42. The average Bonchev–Trinajstić information content (AvgIpc) is 2.67. The molecule has 0 spiro atoms. The Hall–Kier alpha value is -2.08. The summed E-state index contributed by atoms with van der Waals surface area (Å²) in [5.74, 6) is 0.648. The van der Waals surface area contributed by atoms with Crippen molar-refractivity contribution in [3.05, 3.63) is 35.4 Å². The average molecular weight is 376 g/mol. The van der Waals surface area contributed by atoms with Crippen molar-refractivity contribution in [1.29, 1.82) is 0 Å². The number of carbonyl (C=O) groups is 2. The summed E-state index contributed by atoms with van der Waals surface area (Å²) >= 11 is 0. The van der Waals surface area contributed by atoms with Crippen LogP contribution in [0.5, 0.6) is 0 Å². The molecule has 0 aromatic heterocycles. The van der Waals surface area contributed by atoms with Gasteiger partial charge in [-0.25, -0.2) is 4.79 Å². The van der Waals surface area contributed by atoms with Crippen LogP contribution in [0.3, 0.4) is 0 Å². The molecule has 0 bridgehead atoms. The van der Waals surface area contributed by atoms with E-state index >= 15 is 0 Å². The molecule has 0 atom stereocenters. The maximum atomic E-state index is 12.1. The third kappa shape index (κ3) is 7.99. The van der Waals surface area contributed by atoms with Gasteiger partial charge in [0.1, 0.15) is 0 Å². The van der Waals surface area contributed by atoms with Crippen molar-refractivity contribution in [3.63, 3.8) is 0 Å². The quantitative estimate of drug-likeness (QED) is 0.651. The van der Waals surface area contributed by atoms with E-state index in [1.54, 1.807) is 14.0 Å². The lowest BCUT2D eigenvalue weighted by Crippen LogP contribution is -2.45. The molecular weight excluding hydrogens is 342 g/mol. The zero-order chi connectivity index (χ0) is 19.5. The summed E-state index contributed by atoms with van der Waals surface area (Å²) in [7, 11) is 1.67. The molecule has 1 aromatic rings. The summed E-state index contributed by atoms with van der Waals surface area (Å²) in [5.41, 5.74) is 2.59. The van der Waals surface area contributed by atoms with E-state index in [4.69, 9.17) is 4.74 Å². The number of carbonyl (C=O) groups excluding carboxylic acids is 2. The molecule has 0 radical (unpaired) electrons. The lowest BCUT2D eigenvalue weighted by molar-refractivity contribution is -0.118. The largest absolute Gasteiger partial charge is 0.385 e. The summed E-state index contributed by atoms with van der Waals surface area (Å²) in [5, 5.41) is 5.79. The monoisotopic (exact) mass is 375 g/mol. The number of amides is 3. The van der Waals surface area contributed by atoms with Crippen molar-refractivity contribution < 1.29 is 14.3 Å². The highest BCUT2D eigenvalue weighted by Gasteiger charge is 2.22. The summed E-state index contributed by atoms with van der Waals surface area (Å²) in [6.07, 6.45) is 4.87. The standard InChI is InChI=1S/C21H33N3O3/c1-17(25)22-12-8-18-4-6-19(7-5-18)16-20-9-13-24(14-10-20)21(26)23-11-3-15-27-2/h4-7,20H,3,8-16H2,1-2H3,(H,22,25)(H,23,26). The first-order valence-electron chi connectivity index (χ1n) is 9.92. The number of nitrogens with zero attached hydrogens (tertiary/aromatic N) is 1. The zero-order valence-electron chi connectivity index (χ0n) is 16.6. The van der Waals surface area contributed by atoms with Crippen LogP contribution in [0.15, 0.2) is 24.3 Å². The number of ether oxygens (including phenoxy) is 1. The maximum absolute atomic E-state index is 12.1. The van der Waals surface area contributed by atoms with Crippen LogP contribution < -0.4 is 10.6 Å². The summed E-state index contributed by atoms with van der Waals surface area (Å²) < 4.78 is 4.99. The van der Waals surface area contributed by atoms with Gasteiger partial charge in [-0.1, -0.05) is 24.3 Å². The van der Waals surface area contributed by atoms with Crippen LogP contribution in [0.2, 0.25) is 0 Å². The van der Waals surface area contributed by atoms with Crippen molar-refractivity contribution in [3.8, 4) is 0 Å². The highest BCUT2D eigenvalue weighted by Crippen LogP contribution is 2.22. The second-order valence-corrected chi connectivity index (χ2v) is 7.26. The van der Waals surface area contributed by atoms with E-state index in [0.717, 1.165) is 45.2 Å². The first-order valence-corrected chi connectivity index (χ1v) is 9.92. The first-order chi connectivity index (χ1) is 13.1. The molecule has 1 saturated heterocycles. The molecule has 1 aromatic carbocycles. The van der Waals surface area contributed by atoms with Gasteiger partial charge in [-0.2, -0.15) is 0 Å². The Balaban J connectivity index is 1.67. The van der Waals surface area contributed by atoms with E-state index in [1.807, 2.05) is 4.90 Å². The molecule has 0 unspecified atom stereocenters. The minimum absolute atomic E-state index is 0.0154. The highest BCUT2D eigenvalue weighted by molar-refractivity contribution is 5.74. The fourth-order valence-corrected chi connectivity index (χ4v) is 3.42. The van der Waals surface area contributed by atoms with Crippen LogP contribution in [0.4, 0.5) is 4.79 Å². The number of rotatable bonds is 9. The second kappa shape index (κ2) is 11.6. The number of hydrogen-bond donors (Lipinski definition) is 2. The molecule has 2 rings (SSSR count). The van der Waals surface area contributed by atoms with E-state index in [1.165, 1.54) is 11.1 Å². The minimum atomic E-state index is 0.0154. The molecule has 1 aliphatic heterocycles. The molecule has 2 N–H and O–H groups in total. The van der Waals surface area contributed by atoms with E-state index in [0.29, 0.717) is 25.6 Å². The van der Waals surface area contributed by atoms with E-state index in [-0.39, 0.29) is 11.9 Å². The smallest absolute Gasteiger partial charge is 0.317 e. The Morgan fingerprint density at radius 1 is 1.07 bits per heavy atom. The number of likely N-dealkylation sites (tertiary alicyclic amines) is 1. The van der Waals surface area contributed by atoms with Gasteiger partial charge in [-0.05, 0) is 49.1 Å². The second-order valence-electron chi connectivity index (χ2n) is 7.26. The molecule has 6 nitrogen and oxygen atoms in total. The molecule has 0 saturated carbocycles. The van der Waals surface area contributed by atoms with Crippen LogP contribution in [-0.2, 0) is 22.4 Å². The third-order valence-corrected chi connectivity index (χ3v) is 5.04. The Bertz CT molecular complexity index is 581. The van der Waals surface area contributed by atoms with Gasteiger partial charge in [0.2, 0.25) is 5.91 Å².